The van der Waals surface area contributed by atoms with Crippen molar-refractivity contribution in [2.24, 2.45) is 0 Å². The van der Waals surface area contributed by atoms with E-state index in [-0.39, 0.29) is 12.4 Å². The van der Waals surface area contributed by atoms with Crippen molar-refractivity contribution < 1.29 is 33.3 Å². The Labute approximate surface area is 199 Å². The summed E-state index contributed by atoms with van der Waals surface area (Å²) in [5.41, 5.74) is 1.40. The van der Waals surface area contributed by atoms with E-state index in [9.17, 15) is 9.90 Å². The first kappa shape index (κ1) is 25.1. The third-order valence-corrected chi connectivity index (χ3v) is 5.26. The van der Waals surface area contributed by atoms with Crippen LogP contribution in [0.5, 0.6) is 23.0 Å². The first-order valence-corrected chi connectivity index (χ1v) is 10.9. The van der Waals surface area contributed by atoms with E-state index in [0.29, 0.717) is 48.2 Å². The molecule has 1 aromatic heterocycles. The maximum Gasteiger partial charge on any atom is 0.203 e. The molecule has 0 fully saturated rings. The summed E-state index contributed by atoms with van der Waals surface area (Å²) in [6.45, 7) is 2.79. The maximum atomic E-state index is 11.8. The van der Waals surface area contributed by atoms with Crippen LogP contribution in [0, 0.1) is 0 Å². The van der Waals surface area contributed by atoms with Gasteiger partial charge in [-0.05, 0) is 48.9 Å². The third-order valence-electron chi connectivity index (χ3n) is 5.26. The number of nitrogens with zero attached hydrogens (tertiary/aromatic N) is 1. The Balaban J connectivity index is 1.74. The molecule has 34 heavy (non-hydrogen) atoms. The highest BCUT2D eigenvalue weighted by Gasteiger charge is 2.19. The van der Waals surface area contributed by atoms with Crippen molar-refractivity contribution in [1.29, 1.82) is 0 Å². The Hall–Kier alpha value is -3.49. The number of furan rings is 1. The van der Waals surface area contributed by atoms with Gasteiger partial charge in [0.1, 0.15) is 24.2 Å². The fourth-order valence-electron chi connectivity index (χ4n) is 3.71. The summed E-state index contributed by atoms with van der Waals surface area (Å²) in [6.07, 6.45) is 0.808. The summed E-state index contributed by atoms with van der Waals surface area (Å²) in [5.74, 6) is 2.76. The summed E-state index contributed by atoms with van der Waals surface area (Å²) in [5, 5.41) is 10.7. The lowest BCUT2D eigenvalue weighted by molar-refractivity contribution is 0.0598. The Morgan fingerprint density at radius 2 is 1.68 bits per heavy atom. The normalized spacial score (nSPS) is 11.8. The van der Waals surface area contributed by atoms with Crippen molar-refractivity contribution in [2.45, 2.75) is 26.1 Å². The SMILES string of the molecule is COc1cc(CN(Cc2ccco2)CC(O)COc2ccccc2C(C)=O)cc(OC)c1OC. The number of hydrogen-bond donors (Lipinski definition) is 1. The van der Waals surface area contributed by atoms with Crippen LogP contribution in [0.4, 0.5) is 0 Å². The second kappa shape index (κ2) is 12.1. The summed E-state index contributed by atoms with van der Waals surface area (Å²) in [4.78, 5) is 13.9. The number of ether oxygens (including phenoxy) is 4. The Morgan fingerprint density at radius 1 is 0.971 bits per heavy atom. The van der Waals surface area contributed by atoms with Crippen molar-refractivity contribution in [3.05, 3.63) is 71.7 Å². The van der Waals surface area contributed by atoms with E-state index in [0.717, 1.165) is 11.3 Å². The quantitative estimate of drug-likeness (QED) is 0.377. The number of Topliss-reactive ketones (excluding diaryl/α,β-unsaturated/α-hetero) is 1. The van der Waals surface area contributed by atoms with Gasteiger partial charge in [0.05, 0.1) is 39.7 Å². The van der Waals surface area contributed by atoms with Crippen LogP contribution < -0.4 is 18.9 Å². The molecule has 0 saturated heterocycles. The molecule has 3 aromatic rings. The van der Waals surface area contributed by atoms with E-state index in [2.05, 4.69) is 0 Å². The number of para-hydroxylation sites is 1. The first-order chi connectivity index (χ1) is 16.4. The van der Waals surface area contributed by atoms with Crippen molar-refractivity contribution >= 4 is 5.78 Å². The van der Waals surface area contributed by atoms with Gasteiger partial charge in [-0.2, -0.15) is 0 Å². The van der Waals surface area contributed by atoms with Gasteiger partial charge in [-0.1, -0.05) is 12.1 Å². The minimum atomic E-state index is -0.808. The minimum absolute atomic E-state index is 0.0359. The molecule has 3 rings (SSSR count). The van der Waals surface area contributed by atoms with Gasteiger partial charge < -0.3 is 28.5 Å². The highest BCUT2D eigenvalue weighted by molar-refractivity contribution is 5.96. The number of benzene rings is 2. The minimum Gasteiger partial charge on any atom is -0.493 e. The molecule has 8 heteroatoms. The monoisotopic (exact) mass is 469 g/mol. The maximum absolute atomic E-state index is 11.8. The molecule has 0 aliphatic heterocycles. The lowest BCUT2D eigenvalue weighted by Crippen LogP contribution is -2.35. The van der Waals surface area contributed by atoms with Crippen LogP contribution in [0.2, 0.25) is 0 Å². The number of carbonyl (C=O) groups is 1. The lowest BCUT2D eigenvalue weighted by atomic mass is 10.1. The number of hydrogen-bond acceptors (Lipinski definition) is 8. The lowest BCUT2D eigenvalue weighted by Gasteiger charge is -2.25. The van der Waals surface area contributed by atoms with Crippen LogP contribution in [0.3, 0.4) is 0 Å². The summed E-state index contributed by atoms with van der Waals surface area (Å²) >= 11 is 0. The smallest absolute Gasteiger partial charge is 0.203 e. The first-order valence-electron chi connectivity index (χ1n) is 10.9. The van der Waals surface area contributed by atoms with Crippen LogP contribution in [0.15, 0.2) is 59.2 Å². The third kappa shape index (κ3) is 6.52. The van der Waals surface area contributed by atoms with Gasteiger partial charge in [-0.15, -0.1) is 0 Å². The average Bonchev–Trinajstić information content (AvgIpc) is 3.35. The highest BCUT2D eigenvalue weighted by atomic mass is 16.5. The molecule has 0 radical (unpaired) electrons. The highest BCUT2D eigenvalue weighted by Crippen LogP contribution is 2.38. The topological polar surface area (TPSA) is 90.6 Å². The molecule has 1 atom stereocenters. The predicted octanol–water partition coefficient (Wildman–Crippen LogP) is 3.95. The average molecular weight is 470 g/mol. The van der Waals surface area contributed by atoms with Crippen molar-refractivity contribution in [3.63, 3.8) is 0 Å². The number of ketones is 1. The van der Waals surface area contributed by atoms with Gasteiger partial charge in [0.15, 0.2) is 17.3 Å². The van der Waals surface area contributed by atoms with E-state index < -0.39 is 6.10 Å². The largest absolute Gasteiger partial charge is 0.493 e. The van der Waals surface area contributed by atoms with Crippen LogP contribution in [-0.2, 0) is 13.1 Å². The number of rotatable bonds is 13. The molecule has 0 saturated carbocycles. The fourth-order valence-corrected chi connectivity index (χ4v) is 3.71. The van der Waals surface area contributed by atoms with E-state index in [1.54, 1.807) is 51.9 Å². The molecule has 0 bridgehead atoms. The van der Waals surface area contributed by atoms with Crippen LogP contribution in [0.1, 0.15) is 28.6 Å². The molecule has 1 N–H and O–H groups in total. The van der Waals surface area contributed by atoms with Crippen molar-refractivity contribution in [3.8, 4) is 23.0 Å². The molecule has 0 amide bonds. The second-order valence-electron chi connectivity index (χ2n) is 7.80. The Morgan fingerprint density at radius 3 is 2.26 bits per heavy atom. The number of aliphatic hydroxyl groups excluding tert-OH is 1. The van der Waals surface area contributed by atoms with Gasteiger partial charge in [0, 0.05) is 13.1 Å². The van der Waals surface area contributed by atoms with Gasteiger partial charge in [0.25, 0.3) is 0 Å². The van der Waals surface area contributed by atoms with Gasteiger partial charge >= 0.3 is 0 Å². The zero-order valence-corrected chi connectivity index (χ0v) is 19.9. The van der Waals surface area contributed by atoms with Gasteiger partial charge in [-0.25, -0.2) is 0 Å². The molecule has 182 valence electrons. The number of methoxy groups -OCH3 is 3. The van der Waals surface area contributed by atoms with Crippen LogP contribution in [-0.4, -0.2) is 56.4 Å². The fraction of sp³-hybridized carbons (Fsp3) is 0.346. The van der Waals surface area contributed by atoms with Crippen molar-refractivity contribution in [2.75, 3.05) is 34.5 Å². The van der Waals surface area contributed by atoms with Crippen molar-refractivity contribution in [1.82, 2.24) is 4.90 Å². The summed E-state index contributed by atoms with van der Waals surface area (Å²) in [6, 6.07) is 14.5. The molecule has 1 heterocycles. The van der Waals surface area contributed by atoms with E-state index in [1.165, 1.54) is 6.92 Å². The molecular formula is C26H31NO7. The standard InChI is InChI=1S/C26H31NO7/c1-18(28)22-9-5-6-10-23(22)34-17-20(29)15-27(16-21-8-7-11-33-21)14-19-12-24(30-2)26(32-4)25(13-19)31-3/h5-13,20,29H,14-17H2,1-4H3. The molecule has 0 aliphatic rings. The Kier molecular flexibility index (Phi) is 8.95. The van der Waals surface area contributed by atoms with E-state index in [4.69, 9.17) is 23.4 Å². The zero-order valence-electron chi connectivity index (χ0n) is 19.9. The molecule has 0 aliphatic carbocycles. The van der Waals surface area contributed by atoms with E-state index in [1.807, 2.05) is 29.2 Å². The number of carbonyl (C=O) groups excluding carboxylic acids is 1. The molecule has 1 unspecified atom stereocenters. The zero-order chi connectivity index (χ0) is 24.5. The van der Waals surface area contributed by atoms with Gasteiger partial charge in [0.2, 0.25) is 5.75 Å². The van der Waals surface area contributed by atoms with E-state index >= 15 is 0 Å². The van der Waals surface area contributed by atoms with Gasteiger partial charge in [-0.3, -0.25) is 9.69 Å². The van der Waals surface area contributed by atoms with Crippen LogP contribution in [0.25, 0.3) is 0 Å². The summed E-state index contributed by atoms with van der Waals surface area (Å²) in [7, 11) is 4.70. The number of aliphatic hydroxyl groups is 1. The molecule has 2 aromatic carbocycles. The molecular weight excluding hydrogens is 438 g/mol. The summed E-state index contributed by atoms with van der Waals surface area (Å²) < 4.78 is 27.6. The van der Waals surface area contributed by atoms with Crippen LogP contribution >= 0.6 is 0 Å². The Bertz CT molecular complexity index is 1040. The predicted molar refractivity (Wildman–Crippen MR) is 127 cm³/mol. The molecule has 0 spiro atoms. The molecule has 8 nitrogen and oxygen atoms in total. The second-order valence-corrected chi connectivity index (χ2v) is 7.80.